The number of nitrogens with one attached hydrogen (secondary N) is 1. The number of hydrogen-bond donors (Lipinski definition) is 2. The molecule has 0 spiro atoms. The average Bonchev–Trinajstić information content (AvgIpc) is 2.64. The van der Waals surface area contributed by atoms with Gasteiger partial charge in [0.1, 0.15) is 10.7 Å². The molecule has 2 heterocycles. The van der Waals surface area contributed by atoms with E-state index in [-0.39, 0.29) is 0 Å². The zero-order valence-electron chi connectivity index (χ0n) is 9.52. The minimum atomic E-state index is -0.469. The van der Waals surface area contributed by atoms with Crippen molar-refractivity contribution in [3.63, 3.8) is 0 Å². The van der Waals surface area contributed by atoms with E-state index in [1.54, 1.807) is 0 Å². The van der Waals surface area contributed by atoms with Gasteiger partial charge in [0.05, 0.1) is 6.20 Å². The maximum Gasteiger partial charge on any atom is 0.260 e. The first-order valence-electron chi connectivity index (χ1n) is 5.02. The fraction of sp³-hybridized carbons (Fsp3) is 0.182. The molecule has 6 heteroatoms. The number of nitrogens with zero attached hydrogens (tertiary/aromatic N) is 2. The lowest BCUT2D eigenvalue weighted by atomic mass is 10.2. The monoisotopic (exact) mass is 248 g/mol. The Morgan fingerprint density at radius 1 is 1.41 bits per heavy atom. The molecule has 88 valence electrons. The van der Waals surface area contributed by atoms with Crippen molar-refractivity contribution in [2.45, 2.75) is 13.8 Å². The van der Waals surface area contributed by atoms with Crippen LogP contribution in [-0.4, -0.2) is 15.9 Å². The standard InChI is InChI=1S/C11H12N4OS/c1-6-3-7(2)14-9(4-6)15-11-13-5-8(17-11)10(12)16/h3-5H,1-2H3,(H2,12,16)(H,13,14,15). The van der Waals surface area contributed by atoms with Gasteiger partial charge in [0.2, 0.25) is 0 Å². The van der Waals surface area contributed by atoms with E-state index in [0.717, 1.165) is 11.3 Å². The summed E-state index contributed by atoms with van der Waals surface area (Å²) >= 11 is 1.21. The SMILES string of the molecule is Cc1cc(C)nc(Nc2ncc(C(N)=O)s2)c1. The Kier molecular flexibility index (Phi) is 3.06. The summed E-state index contributed by atoms with van der Waals surface area (Å²) in [5.41, 5.74) is 7.20. The Labute approximate surface area is 103 Å². The Hall–Kier alpha value is -1.95. The summed E-state index contributed by atoms with van der Waals surface area (Å²) < 4.78 is 0. The molecular formula is C11H12N4OS. The molecule has 3 N–H and O–H groups in total. The van der Waals surface area contributed by atoms with Crippen molar-refractivity contribution in [3.8, 4) is 0 Å². The number of pyridine rings is 1. The molecule has 0 saturated carbocycles. The molecule has 0 unspecified atom stereocenters. The molecule has 0 aliphatic heterocycles. The third kappa shape index (κ3) is 2.79. The highest BCUT2D eigenvalue weighted by Crippen LogP contribution is 2.21. The Morgan fingerprint density at radius 3 is 2.76 bits per heavy atom. The van der Waals surface area contributed by atoms with Gasteiger partial charge in [-0.1, -0.05) is 11.3 Å². The first-order chi connectivity index (χ1) is 8.04. The van der Waals surface area contributed by atoms with Crippen molar-refractivity contribution >= 4 is 28.2 Å². The van der Waals surface area contributed by atoms with E-state index in [4.69, 9.17) is 5.73 Å². The van der Waals surface area contributed by atoms with E-state index >= 15 is 0 Å². The zero-order valence-corrected chi connectivity index (χ0v) is 10.3. The van der Waals surface area contributed by atoms with Crippen LogP contribution in [0, 0.1) is 13.8 Å². The topological polar surface area (TPSA) is 80.9 Å². The van der Waals surface area contributed by atoms with Crippen LogP contribution in [0.2, 0.25) is 0 Å². The van der Waals surface area contributed by atoms with Crippen LogP contribution in [0.25, 0.3) is 0 Å². The zero-order chi connectivity index (χ0) is 12.4. The predicted octanol–water partition coefficient (Wildman–Crippen LogP) is 2.00. The average molecular weight is 248 g/mol. The summed E-state index contributed by atoms with van der Waals surface area (Å²) in [5.74, 6) is 0.247. The molecule has 2 aromatic rings. The van der Waals surface area contributed by atoms with Gasteiger partial charge in [-0.25, -0.2) is 9.97 Å². The van der Waals surface area contributed by atoms with Gasteiger partial charge in [0.15, 0.2) is 5.13 Å². The van der Waals surface area contributed by atoms with E-state index in [9.17, 15) is 4.79 Å². The number of hydrogen-bond acceptors (Lipinski definition) is 5. The van der Waals surface area contributed by atoms with E-state index in [1.807, 2.05) is 26.0 Å². The molecule has 1 amide bonds. The third-order valence-corrected chi connectivity index (χ3v) is 3.01. The molecule has 0 radical (unpaired) electrons. The van der Waals surface area contributed by atoms with E-state index in [0.29, 0.717) is 15.8 Å². The fourth-order valence-corrected chi connectivity index (χ4v) is 2.14. The second-order valence-corrected chi connectivity index (χ2v) is 4.72. The number of anilines is 2. The van der Waals surface area contributed by atoms with Crippen LogP contribution in [0.1, 0.15) is 20.9 Å². The molecule has 0 aliphatic carbocycles. The molecule has 0 aromatic carbocycles. The lowest BCUT2D eigenvalue weighted by molar-refractivity contribution is 0.100. The lowest BCUT2D eigenvalue weighted by Crippen LogP contribution is -2.08. The molecule has 0 atom stereocenters. The maximum atomic E-state index is 10.9. The Balaban J connectivity index is 2.22. The molecule has 2 rings (SSSR count). The number of rotatable bonds is 3. The van der Waals surface area contributed by atoms with Crippen LogP contribution in [0.5, 0.6) is 0 Å². The molecule has 2 aromatic heterocycles. The third-order valence-electron chi connectivity index (χ3n) is 2.08. The highest BCUT2D eigenvalue weighted by Gasteiger charge is 2.07. The number of aromatic nitrogens is 2. The molecule has 5 nitrogen and oxygen atoms in total. The summed E-state index contributed by atoms with van der Waals surface area (Å²) in [4.78, 5) is 19.7. The van der Waals surface area contributed by atoms with Crippen LogP contribution >= 0.6 is 11.3 Å². The van der Waals surface area contributed by atoms with E-state index < -0.39 is 5.91 Å². The Morgan fingerprint density at radius 2 is 2.18 bits per heavy atom. The summed E-state index contributed by atoms with van der Waals surface area (Å²) in [6.07, 6.45) is 1.46. The molecular weight excluding hydrogens is 236 g/mol. The van der Waals surface area contributed by atoms with Gasteiger partial charge < -0.3 is 11.1 Å². The number of aryl methyl sites for hydroxylation is 2. The lowest BCUT2D eigenvalue weighted by Gasteiger charge is -2.04. The van der Waals surface area contributed by atoms with E-state index in [1.165, 1.54) is 17.5 Å². The van der Waals surface area contributed by atoms with Gasteiger partial charge in [-0.2, -0.15) is 0 Å². The Bertz CT molecular complexity index is 544. The number of carbonyl (C=O) groups excluding carboxylic acids is 1. The van der Waals surface area contributed by atoms with Gasteiger partial charge in [-0.15, -0.1) is 0 Å². The van der Waals surface area contributed by atoms with Gasteiger partial charge in [-0.05, 0) is 31.5 Å². The predicted molar refractivity (Wildman–Crippen MR) is 67.6 cm³/mol. The minimum absolute atomic E-state index is 0.428. The quantitative estimate of drug-likeness (QED) is 0.870. The summed E-state index contributed by atoms with van der Waals surface area (Å²) in [5, 5.41) is 3.66. The van der Waals surface area contributed by atoms with Crippen molar-refractivity contribution in [1.82, 2.24) is 9.97 Å². The number of primary amides is 1. The highest BCUT2D eigenvalue weighted by atomic mass is 32.1. The van der Waals surface area contributed by atoms with Crippen LogP contribution in [0.4, 0.5) is 10.9 Å². The summed E-state index contributed by atoms with van der Waals surface area (Å²) in [6, 6.07) is 3.90. The first kappa shape index (κ1) is 11.5. The van der Waals surface area contributed by atoms with Gasteiger partial charge >= 0.3 is 0 Å². The number of carbonyl (C=O) groups is 1. The maximum absolute atomic E-state index is 10.9. The van der Waals surface area contributed by atoms with Gasteiger partial charge in [-0.3, -0.25) is 4.79 Å². The van der Waals surface area contributed by atoms with Crippen LogP contribution in [-0.2, 0) is 0 Å². The summed E-state index contributed by atoms with van der Waals surface area (Å²) in [6.45, 7) is 3.92. The van der Waals surface area contributed by atoms with Crippen molar-refractivity contribution < 1.29 is 4.79 Å². The van der Waals surface area contributed by atoms with Gasteiger partial charge in [0.25, 0.3) is 5.91 Å². The second kappa shape index (κ2) is 4.50. The van der Waals surface area contributed by atoms with E-state index in [2.05, 4.69) is 15.3 Å². The van der Waals surface area contributed by atoms with Gasteiger partial charge in [0, 0.05) is 5.69 Å². The van der Waals surface area contributed by atoms with Crippen LogP contribution in [0.3, 0.4) is 0 Å². The van der Waals surface area contributed by atoms with Crippen LogP contribution < -0.4 is 11.1 Å². The molecule has 17 heavy (non-hydrogen) atoms. The van der Waals surface area contributed by atoms with Crippen molar-refractivity contribution in [1.29, 1.82) is 0 Å². The van der Waals surface area contributed by atoms with Crippen molar-refractivity contribution in [2.75, 3.05) is 5.32 Å². The number of nitrogens with two attached hydrogens (primary N) is 1. The molecule has 0 fully saturated rings. The summed E-state index contributed by atoms with van der Waals surface area (Å²) in [7, 11) is 0. The smallest absolute Gasteiger partial charge is 0.260 e. The normalized spacial score (nSPS) is 10.2. The van der Waals surface area contributed by atoms with Crippen LogP contribution in [0.15, 0.2) is 18.3 Å². The minimum Gasteiger partial charge on any atom is -0.365 e. The fourth-order valence-electron chi connectivity index (χ4n) is 1.46. The largest absolute Gasteiger partial charge is 0.365 e. The van der Waals surface area contributed by atoms with Crippen molar-refractivity contribution in [2.24, 2.45) is 5.73 Å². The number of amides is 1. The van der Waals surface area contributed by atoms with Crippen molar-refractivity contribution in [3.05, 3.63) is 34.5 Å². The molecule has 0 saturated heterocycles. The number of thiazole rings is 1. The second-order valence-electron chi connectivity index (χ2n) is 3.69. The molecule has 0 bridgehead atoms. The highest BCUT2D eigenvalue weighted by molar-refractivity contribution is 7.17. The first-order valence-corrected chi connectivity index (χ1v) is 5.84. The molecule has 0 aliphatic rings.